The van der Waals surface area contributed by atoms with Gasteiger partial charge in [0.2, 0.25) is 5.91 Å². The van der Waals surface area contributed by atoms with Crippen LogP contribution >= 0.6 is 0 Å². The minimum atomic E-state index is 0.222. The summed E-state index contributed by atoms with van der Waals surface area (Å²) in [6.45, 7) is 3.82. The fourth-order valence-corrected chi connectivity index (χ4v) is 4.68. The van der Waals surface area contributed by atoms with Gasteiger partial charge in [-0.05, 0) is 55.8 Å². The zero-order valence-electron chi connectivity index (χ0n) is 17.8. The van der Waals surface area contributed by atoms with Crippen LogP contribution in [-0.2, 0) is 11.2 Å². The highest BCUT2D eigenvalue weighted by molar-refractivity contribution is 5.82. The summed E-state index contributed by atoms with van der Waals surface area (Å²) in [6, 6.07) is 18.4. The number of nitrogens with zero attached hydrogens (tertiary/aromatic N) is 1. The molecule has 1 spiro atoms. The van der Waals surface area contributed by atoms with Crippen LogP contribution in [0.15, 0.2) is 60.7 Å². The van der Waals surface area contributed by atoms with Crippen molar-refractivity contribution in [1.82, 2.24) is 10.2 Å². The van der Waals surface area contributed by atoms with Crippen molar-refractivity contribution >= 4 is 12.0 Å². The maximum atomic E-state index is 12.6. The Morgan fingerprint density at radius 3 is 2.63 bits per heavy atom. The molecule has 1 atom stereocenters. The van der Waals surface area contributed by atoms with Crippen LogP contribution in [0.2, 0.25) is 0 Å². The second-order valence-electron chi connectivity index (χ2n) is 8.59. The first kappa shape index (κ1) is 20.7. The van der Waals surface area contributed by atoms with Crippen LogP contribution in [0.1, 0.15) is 30.4 Å². The molecule has 1 heterocycles. The summed E-state index contributed by atoms with van der Waals surface area (Å²) < 4.78 is 5.41. The van der Waals surface area contributed by atoms with Gasteiger partial charge >= 0.3 is 0 Å². The van der Waals surface area contributed by atoms with Crippen molar-refractivity contribution in [1.29, 1.82) is 0 Å². The van der Waals surface area contributed by atoms with Gasteiger partial charge in [-0.3, -0.25) is 9.69 Å². The Bertz CT molecular complexity index is 870. The second-order valence-corrected chi connectivity index (χ2v) is 8.59. The maximum Gasteiger partial charge on any atom is 0.223 e. The number of amides is 1. The molecule has 1 aliphatic heterocycles. The van der Waals surface area contributed by atoms with Crippen LogP contribution in [0, 0.1) is 11.3 Å². The third kappa shape index (κ3) is 4.93. The minimum Gasteiger partial charge on any atom is -0.496 e. The first-order valence-corrected chi connectivity index (χ1v) is 11.0. The first-order chi connectivity index (χ1) is 14.7. The third-order valence-corrected chi connectivity index (χ3v) is 6.71. The zero-order chi connectivity index (χ0) is 20.8. The molecule has 1 aliphatic carbocycles. The van der Waals surface area contributed by atoms with E-state index in [1.165, 1.54) is 5.56 Å². The minimum absolute atomic E-state index is 0.222. The van der Waals surface area contributed by atoms with Crippen molar-refractivity contribution in [3.8, 4) is 5.75 Å². The monoisotopic (exact) mass is 404 g/mol. The van der Waals surface area contributed by atoms with Crippen LogP contribution in [0.4, 0.5) is 0 Å². The van der Waals surface area contributed by atoms with Crippen LogP contribution in [0.3, 0.4) is 0 Å². The van der Waals surface area contributed by atoms with Gasteiger partial charge in [-0.15, -0.1) is 0 Å². The third-order valence-electron chi connectivity index (χ3n) is 6.71. The molecule has 2 fully saturated rings. The largest absolute Gasteiger partial charge is 0.496 e. The van der Waals surface area contributed by atoms with Crippen molar-refractivity contribution in [2.45, 2.75) is 25.7 Å². The Hall–Kier alpha value is -2.59. The summed E-state index contributed by atoms with van der Waals surface area (Å²) in [4.78, 5) is 15.1. The maximum absolute atomic E-state index is 12.6. The Morgan fingerprint density at radius 1 is 1.13 bits per heavy atom. The highest BCUT2D eigenvalue weighted by atomic mass is 16.5. The predicted octanol–water partition coefficient (Wildman–Crippen LogP) is 4.17. The summed E-state index contributed by atoms with van der Waals surface area (Å²) in [6.07, 6.45) is 8.59. The average molecular weight is 405 g/mol. The number of hydrogen-bond donors (Lipinski definition) is 1. The molecule has 0 bridgehead atoms. The van der Waals surface area contributed by atoms with Gasteiger partial charge in [-0.2, -0.15) is 0 Å². The van der Waals surface area contributed by atoms with E-state index >= 15 is 0 Å². The smallest absolute Gasteiger partial charge is 0.223 e. The number of methoxy groups -OCH3 is 1. The van der Waals surface area contributed by atoms with Crippen LogP contribution in [0.25, 0.3) is 6.08 Å². The molecule has 158 valence electrons. The first-order valence-electron chi connectivity index (χ1n) is 11.0. The normalized spacial score (nSPS) is 20.4. The number of nitrogens with one attached hydrogen (secondary N) is 1. The van der Waals surface area contributed by atoms with E-state index in [0.29, 0.717) is 0 Å². The summed E-state index contributed by atoms with van der Waals surface area (Å²) in [5, 5.41) is 3.16. The van der Waals surface area contributed by atoms with Crippen molar-refractivity contribution in [3.63, 3.8) is 0 Å². The van der Waals surface area contributed by atoms with Crippen molar-refractivity contribution in [2.24, 2.45) is 11.3 Å². The summed E-state index contributed by atoms with van der Waals surface area (Å²) in [5.41, 5.74) is 2.65. The van der Waals surface area contributed by atoms with Gasteiger partial charge in [0, 0.05) is 24.6 Å². The Morgan fingerprint density at radius 2 is 1.87 bits per heavy atom. The van der Waals surface area contributed by atoms with Gasteiger partial charge in [0.1, 0.15) is 5.75 Å². The lowest BCUT2D eigenvalue weighted by Gasteiger charge is -2.32. The Balaban J connectivity index is 1.18. The molecule has 2 aromatic rings. The van der Waals surface area contributed by atoms with E-state index in [2.05, 4.69) is 40.6 Å². The number of likely N-dealkylation sites (tertiary alicyclic amines) is 1. The highest BCUT2D eigenvalue weighted by Gasteiger charge is 2.58. The van der Waals surface area contributed by atoms with Gasteiger partial charge < -0.3 is 10.1 Å². The molecule has 1 N–H and O–H groups in total. The molecule has 2 aliphatic rings. The quantitative estimate of drug-likeness (QED) is 0.718. The highest BCUT2D eigenvalue weighted by Crippen LogP contribution is 2.59. The molecular formula is C26H32N2O2. The Labute approximate surface area is 179 Å². The van der Waals surface area contributed by atoms with E-state index in [4.69, 9.17) is 4.74 Å². The molecule has 1 saturated carbocycles. The van der Waals surface area contributed by atoms with Gasteiger partial charge in [0.25, 0.3) is 0 Å². The number of piperidine rings is 1. The molecule has 0 unspecified atom stereocenters. The van der Waals surface area contributed by atoms with Crippen LogP contribution in [0.5, 0.6) is 5.75 Å². The molecule has 1 saturated heterocycles. The van der Waals surface area contributed by atoms with Crippen molar-refractivity contribution < 1.29 is 9.53 Å². The fraction of sp³-hybridized carbons (Fsp3) is 0.423. The number of carbonyl (C=O) groups excluding carboxylic acids is 1. The second kappa shape index (κ2) is 9.48. The summed E-state index contributed by atoms with van der Waals surface area (Å²) >= 11 is 0. The van der Waals surface area contributed by atoms with E-state index in [-0.39, 0.29) is 17.2 Å². The van der Waals surface area contributed by atoms with E-state index in [1.807, 2.05) is 36.4 Å². The number of rotatable bonds is 8. The van der Waals surface area contributed by atoms with E-state index in [9.17, 15) is 4.79 Å². The SMILES string of the molecule is COc1ccccc1/C=C/CN1CCC2(CC1)C[C@H]2C(=O)NCCc1ccccc1. The van der Waals surface area contributed by atoms with Crippen molar-refractivity contribution in [2.75, 3.05) is 33.3 Å². The number of hydrogen-bond acceptors (Lipinski definition) is 3. The molecule has 1 amide bonds. The Kier molecular flexibility index (Phi) is 6.53. The molecule has 4 rings (SSSR count). The molecular weight excluding hydrogens is 372 g/mol. The van der Waals surface area contributed by atoms with Gasteiger partial charge in [0.15, 0.2) is 0 Å². The molecule has 4 nitrogen and oxygen atoms in total. The molecule has 0 radical (unpaired) electrons. The van der Waals surface area contributed by atoms with Gasteiger partial charge in [-0.25, -0.2) is 0 Å². The topological polar surface area (TPSA) is 41.6 Å². The molecule has 30 heavy (non-hydrogen) atoms. The van der Waals surface area contributed by atoms with E-state index in [0.717, 1.165) is 63.2 Å². The molecule has 0 aromatic heterocycles. The predicted molar refractivity (Wildman–Crippen MR) is 121 cm³/mol. The lowest BCUT2D eigenvalue weighted by molar-refractivity contribution is -0.123. The lowest BCUT2D eigenvalue weighted by atomic mass is 9.90. The number of benzene rings is 2. The lowest BCUT2D eigenvalue weighted by Crippen LogP contribution is -2.37. The van der Waals surface area contributed by atoms with Crippen LogP contribution < -0.4 is 10.1 Å². The van der Waals surface area contributed by atoms with Crippen LogP contribution in [-0.4, -0.2) is 44.1 Å². The summed E-state index contributed by atoms with van der Waals surface area (Å²) in [7, 11) is 1.71. The molecule has 2 aromatic carbocycles. The zero-order valence-corrected chi connectivity index (χ0v) is 17.8. The van der Waals surface area contributed by atoms with Crippen molar-refractivity contribution in [3.05, 3.63) is 71.8 Å². The van der Waals surface area contributed by atoms with Gasteiger partial charge in [0.05, 0.1) is 7.11 Å². The number of para-hydroxylation sites is 1. The van der Waals surface area contributed by atoms with E-state index < -0.39 is 0 Å². The number of carbonyl (C=O) groups is 1. The standard InChI is InChI=1S/C26H32N2O2/c1-30-24-12-6-5-10-22(24)11-7-17-28-18-14-26(15-19-28)20-23(26)25(29)27-16-13-21-8-3-2-4-9-21/h2-12,23H,13-20H2,1H3,(H,27,29)/b11-7+/t23-/m0/s1. The van der Waals surface area contributed by atoms with Gasteiger partial charge in [-0.1, -0.05) is 60.7 Å². The van der Waals surface area contributed by atoms with E-state index in [1.54, 1.807) is 7.11 Å². The molecule has 4 heteroatoms. The number of ether oxygens (including phenoxy) is 1. The average Bonchev–Trinajstić information content (AvgIpc) is 3.49. The summed E-state index contributed by atoms with van der Waals surface area (Å²) in [5.74, 6) is 1.39. The fourth-order valence-electron chi connectivity index (χ4n) is 4.68.